The van der Waals surface area contributed by atoms with Crippen LogP contribution in [0.3, 0.4) is 0 Å². The number of nitroso groups, excluding NO2 is 1. The Morgan fingerprint density at radius 2 is 2.31 bits per heavy atom. The van der Waals surface area contributed by atoms with Crippen LogP contribution in [0.25, 0.3) is 0 Å². The topological polar surface area (TPSA) is 47.2 Å². The minimum Gasteiger partial charge on any atom is -0.267 e. The van der Waals surface area contributed by atoms with Gasteiger partial charge >= 0.3 is 0 Å². The normalized spacial score (nSPS) is 12.8. The predicted molar refractivity (Wildman–Crippen MR) is 51.6 cm³/mol. The largest absolute Gasteiger partial charge is 0.267 e. The highest BCUT2D eigenvalue weighted by molar-refractivity contribution is 5.06. The molecule has 1 aromatic heterocycles. The molecule has 0 aliphatic carbocycles. The van der Waals surface area contributed by atoms with E-state index in [2.05, 4.69) is 10.3 Å². The SMILES string of the molecule is CCC(Cn1nc(C)cc1C)N=O. The summed E-state index contributed by atoms with van der Waals surface area (Å²) in [6.07, 6.45) is 0.766. The van der Waals surface area contributed by atoms with Gasteiger partial charge < -0.3 is 0 Å². The van der Waals surface area contributed by atoms with Crippen LogP contribution in [0.5, 0.6) is 0 Å². The van der Waals surface area contributed by atoms with Gasteiger partial charge in [-0.1, -0.05) is 12.1 Å². The molecular formula is C9H15N3O. The molecule has 0 N–H and O–H groups in total. The molecule has 0 aliphatic rings. The van der Waals surface area contributed by atoms with Gasteiger partial charge in [0, 0.05) is 5.69 Å². The molecule has 4 nitrogen and oxygen atoms in total. The summed E-state index contributed by atoms with van der Waals surface area (Å²) in [4.78, 5) is 10.4. The van der Waals surface area contributed by atoms with E-state index in [0.717, 1.165) is 17.8 Å². The molecule has 0 spiro atoms. The Hall–Kier alpha value is -1.19. The van der Waals surface area contributed by atoms with E-state index in [1.807, 2.05) is 31.5 Å². The van der Waals surface area contributed by atoms with Crippen LogP contribution in [0.1, 0.15) is 24.7 Å². The first-order valence-corrected chi connectivity index (χ1v) is 4.51. The molecular weight excluding hydrogens is 166 g/mol. The van der Waals surface area contributed by atoms with E-state index < -0.39 is 0 Å². The Kier molecular flexibility index (Phi) is 3.17. The smallest absolute Gasteiger partial charge is 0.111 e. The Morgan fingerprint density at radius 3 is 2.69 bits per heavy atom. The Labute approximate surface area is 77.9 Å². The lowest BCUT2D eigenvalue weighted by molar-refractivity contribution is 0.489. The number of rotatable bonds is 4. The maximum absolute atomic E-state index is 10.4. The number of aryl methyl sites for hydroxylation is 2. The van der Waals surface area contributed by atoms with Crippen molar-refractivity contribution in [3.63, 3.8) is 0 Å². The lowest BCUT2D eigenvalue weighted by atomic mass is 10.2. The van der Waals surface area contributed by atoms with Gasteiger partial charge in [0.05, 0.1) is 12.2 Å². The van der Waals surface area contributed by atoms with Gasteiger partial charge in [-0.3, -0.25) is 4.68 Å². The van der Waals surface area contributed by atoms with Crippen LogP contribution in [0.4, 0.5) is 0 Å². The highest BCUT2D eigenvalue weighted by Crippen LogP contribution is 2.06. The van der Waals surface area contributed by atoms with Crippen molar-refractivity contribution in [1.82, 2.24) is 9.78 Å². The summed E-state index contributed by atoms with van der Waals surface area (Å²) in [5, 5.41) is 7.31. The molecule has 1 aromatic rings. The molecule has 0 fully saturated rings. The number of aromatic nitrogens is 2. The van der Waals surface area contributed by atoms with E-state index in [1.54, 1.807) is 0 Å². The van der Waals surface area contributed by atoms with Crippen molar-refractivity contribution in [2.45, 2.75) is 39.8 Å². The molecule has 0 saturated carbocycles. The molecule has 4 heteroatoms. The summed E-state index contributed by atoms with van der Waals surface area (Å²) < 4.78 is 1.84. The quantitative estimate of drug-likeness (QED) is 0.667. The molecule has 0 bridgehead atoms. The van der Waals surface area contributed by atoms with Crippen LogP contribution in [0, 0.1) is 18.8 Å². The van der Waals surface area contributed by atoms with Gasteiger partial charge in [0.15, 0.2) is 0 Å². The molecule has 0 aliphatic heterocycles. The van der Waals surface area contributed by atoms with E-state index in [-0.39, 0.29) is 6.04 Å². The Morgan fingerprint density at radius 1 is 1.62 bits per heavy atom. The lowest BCUT2D eigenvalue weighted by Crippen LogP contribution is -2.15. The monoisotopic (exact) mass is 181 g/mol. The average molecular weight is 181 g/mol. The highest BCUT2D eigenvalue weighted by Gasteiger charge is 2.09. The molecule has 72 valence electrons. The van der Waals surface area contributed by atoms with Gasteiger partial charge in [-0.15, -0.1) is 0 Å². The van der Waals surface area contributed by atoms with Crippen molar-refractivity contribution >= 4 is 0 Å². The van der Waals surface area contributed by atoms with Crippen molar-refractivity contribution in [3.05, 3.63) is 22.4 Å². The van der Waals surface area contributed by atoms with Gasteiger partial charge in [-0.25, -0.2) is 0 Å². The van der Waals surface area contributed by atoms with Crippen molar-refractivity contribution < 1.29 is 0 Å². The standard InChI is InChI=1S/C9H15N3O/c1-4-9(11-13)6-12-8(3)5-7(2)10-12/h5,9H,4,6H2,1-3H3. The zero-order valence-electron chi connectivity index (χ0n) is 8.32. The first-order valence-electron chi connectivity index (χ1n) is 4.51. The number of hydrogen-bond acceptors (Lipinski definition) is 3. The maximum atomic E-state index is 10.4. The lowest BCUT2D eigenvalue weighted by Gasteiger charge is -2.07. The first-order chi connectivity index (χ1) is 6.17. The summed E-state index contributed by atoms with van der Waals surface area (Å²) >= 11 is 0. The van der Waals surface area contributed by atoms with Crippen molar-refractivity contribution in [2.75, 3.05) is 0 Å². The predicted octanol–water partition coefficient (Wildman–Crippen LogP) is 2.04. The summed E-state index contributed by atoms with van der Waals surface area (Å²) in [7, 11) is 0. The fraction of sp³-hybridized carbons (Fsp3) is 0.667. The average Bonchev–Trinajstić information content (AvgIpc) is 2.41. The van der Waals surface area contributed by atoms with Gasteiger partial charge in [0.1, 0.15) is 6.04 Å². The maximum Gasteiger partial charge on any atom is 0.111 e. The highest BCUT2D eigenvalue weighted by atomic mass is 16.3. The molecule has 0 radical (unpaired) electrons. The van der Waals surface area contributed by atoms with Crippen LogP contribution in [-0.2, 0) is 6.54 Å². The van der Waals surface area contributed by atoms with Crippen LogP contribution < -0.4 is 0 Å². The summed E-state index contributed by atoms with van der Waals surface area (Å²) in [6, 6.07) is 1.84. The van der Waals surface area contributed by atoms with E-state index >= 15 is 0 Å². The number of hydrogen-bond donors (Lipinski definition) is 0. The molecule has 13 heavy (non-hydrogen) atoms. The third-order valence-electron chi connectivity index (χ3n) is 2.11. The molecule has 1 rings (SSSR count). The third kappa shape index (κ3) is 2.37. The van der Waals surface area contributed by atoms with Crippen molar-refractivity contribution in [3.8, 4) is 0 Å². The van der Waals surface area contributed by atoms with E-state index in [1.165, 1.54) is 0 Å². The second kappa shape index (κ2) is 4.16. The minimum atomic E-state index is -0.155. The molecule has 0 saturated heterocycles. The van der Waals surface area contributed by atoms with Gasteiger partial charge in [0.25, 0.3) is 0 Å². The first kappa shape index (κ1) is 9.89. The van der Waals surface area contributed by atoms with E-state index in [0.29, 0.717) is 6.54 Å². The van der Waals surface area contributed by atoms with Gasteiger partial charge in [-0.2, -0.15) is 10.0 Å². The van der Waals surface area contributed by atoms with E-state index in [4.69, 9.17) is 0 Å². The molecule has 1 unspecified atom stereocenters. The Balaban J connectivity index is 2.72. The second-order valence-electron chi connectivity index (χ2n) is 3.28. The second-order valence-corrected chi connectivity index (χ2v) is 3.28. The summed E-state index contributed by atoms with van der Waals surface area (Å²) in [5.74, 6) is 0. The van der Waals surface area contributed by atoms with Crippen LogP contribution in [-0.4, -0.2) is 15.8 Å². The van der Waals surface area contributed by atoms with Crippen molar-refractivity contribution in [2.24, 2.45) is 5.18 Å². The third-order valence-corrected chi connectivity index (χ3v) is 2.11. The van der Waals surface area contributed by atoms with Crippen LogP contribution in [0.2, 0.25) is 0 Å². The zero-order chi connectivity index (χ0) is 9.84. The minimum absolute atomic E-state index is 0.155. The van der Waals surface area contributed by atoms with Gasteiger partial charge in [-0.05, 0) is 26.3 Å². The van der Waals surface area contributed by atoms with Crippen LogP contribution >= 0.6 is 0 Å². The summed E-state index contributed by atoms with van der Waals surface area (Å²) in [6.45, 7) is 6.48. The van der Waals surface area contributed by atoms with Crippen molar-refractivity contribution in [1.29, 1.82) is 0 Å². The molecule has 1 heterocycles. The Bertz CT molecular complexity index is 293. The van der Waals surface area contributed by atoms with E-state index in [9.17, 15) is 4.91 Å². The molecule has 0 aromatic carbocycles. The number of nitrogens with zero attached hydrogens (tertiary/aromatic N) is 3. The summed E-state index contributed by atoms with van der Waals surface area (Å²) in [5.41, 5.74) is 2.07. The zero-order valence-corrected chi connectivity index (χ0v) is 8.32. The fourth-order valence-corrected chi connectivity index (χ4v) is 1.30. The molecule has 1 atom stereocenters. The van der Waals surface area contributed by atoms with Crippen LogP contribution in [0.15, 0.2) is 11.2 Å². The van der Waals surface area contributed by atoms with Gasteiger partial charge in [0.2, 0.25) is 0 Å². The molecule has 0 amide bonds. The fourth-order valence-electron chi connectivity index (χ4n) is 1.30.